The summed E-state index contributed by atoms with van der Waals surface area (Å²) in [5.41, 5.74) is 8.64. The third kappa shape index (κ3) is 11.5. The fraction of sp³-hybridized carbons (Fsp3) is 0.269. The van der Waals surface area contributed by atoms with Gasteiger partial charge in [-0.2, -0.15) is 0 Å². The summed E-state index contributed by atoms with van der Waals surface area (Å²) in [6.45, 7) is 9.14. The number of nitrogens with one attached hydrogen (secondary N) is 6. The van der Waals surface area contributed by atoms with Crippen molar-refractivity contribution in [3.8, 4) is 21.7 Å². The average molecular weight is 947 g/mol. The SMILES string of the molecule is Cc1ncsc1-c1ccc([C@H](C)NC(=O)C2C[C@@H](O)CN2C(=O)[C@@H](NC(=O)CCC(=O)Nc2ccc(C(=O)Nc3cccc(Nc4cc(-c5c[nH]c6ccccc56)ncn4)c3)cc2)C(C)(C)C)cc1. The maximum atomic E-state index is 14.1. The number of para-hydroxylation sites is 1. The number of fused-ring (bicyclic) bond motifs is 1. The van der Waals surface area contributed by atoms with Gasteiger partial charge in [-0.05, 0) is 78.9 Å². The molecule has 4 heterocycles. The minimum atomic E-state index is -1.05. The Labute approximate surface area is 403 Å². The van der Waals surface area contributed by atoms with Crippen LogP contribution in [-0.2, 0) is 19.2 Å². The quantitative estimate of drug-likeness (QED) is 0.0523. The van der Waals surface area contributed by atoms with Crippen molar-refractivity contribution in [1.82, 2.24) is 35.5 Å². The molecule has 17 heteroatoms. The molecule has 1 fully saturated rings. The van der Waals surface area contributed by atoms with Crippen LogP contribution < -0.4 is 26.6 Å². The van der Waals surface area contributed by atoms with Gasteiger partial charge in [0, 0.05) is 77.2 Å². The van der Waals surface area contributed by atoms with Gasteiger partial charge in [0.25, 0.3) is 5.91 Å². The summed E-state index contributed by atoms with van der Waals surface area (Å²) in [5.74, 6) is -1.65. The molecular formula is C52H54N10O6S. The number of anilines is 4. The number of carbonyl (C=O) groups is 5. The maximum absolute atomic E-state index is 14.1. The Balaban J connectivity index is 0.809. The molecule has 4 aromatic carbocycles. The second-order valence-electron chi connectivity index (χ2n) is 18.2. The van der Waals surface area contributed by atoms with Crippen molar-refractivity contribution >= 4 is 74.7 Å². The van der Waals surface area contributed by atoms with E-state index in [0.29, 0.717) is 28.4 Å². The van der Waals surface area contributed by atoms with E-state index < -0.39 is 47.2 Å². The van der Waals surface area contributed by atoms with Gasteiger partial charge in [0.05, 0.1) is 33.9 Å². The van der Waals surface area contributed by atoms with Crippen LogP contribution in [0.5, 0.6) is 0 Å². The third-order valence-electron chi connectivity index (χ3n) is 12.0. The van der Waals surface area contributed by atoms with Gasteiger partial charge >= 0.3 is 0 Å². The zero-order valence-corrected chi connectivity index (χ0v) is 39.7. The molecule has 0 radical (unpaired) electrons. The maximum Gasteiger partial charge on any atom is 0.255 e. The Kier molecular flexibility index (Phi) is 14.3. The lowest BCUT2D eigenvalue weighted by Gasteiger charge is -2.35. The number of H-pyrrole nitrogens is 1. The number of β-amino-alcohol motifs (C(OH)–C–C–N with tert-alkyl or cyclic N) is 1. The molecule has 69 heavy (non-hydrogen) atoms. The number of aromatic nitrogens is 4. The summed E-state index contributed by atoms with van der Waals surface area (Å²) >= 11 is 1.56. The number of aromatic amines is 1. The molecule has 7 N–H and O–H groups in total. The third-order valence-corrected chi connectivity index (χ3v) is 13.0. The van der Waals surface area contributed by atoms with E-state index in [1.165, 1.54) is 11.2 Å². The Morgan fingerprint density at radius 2 is 1.57 bits per heavy atom. The number of hydrogen-bond donors (Lipinski definition) is 7. The van der Waals surface area contributed by atoms with Crippen LogP contribution >= 0.6 is 11.3 Å². The fourth-order valence-electron chi connectivity index (χ4n) is 8.29. The lowest BCUT2D eigenvalue weighted by molar-refractivity contribution is -0.144. The molecule has 5 amide bonds. The van der Waals surface area contributed by atoms with Gasteiger partial charge in [-0.1, -0.05) is 69.3 Å². The lowest BCUT2D eigenvalue weighted by Crippen LogP contribution is -2.57. The van der Waals surface area contributed by atoms with Crippen molar-refractivity contribution in [1.29, 1.82) is 0 Å². The number of thiazole rings is 1. The minimum absolute atomic E-state index is 0.0525. The second kappa shape index (κ2) is 20.6. The van der Waals surface area contributed by atoms with Crippen LogP contribution in [0.25, 0.3) is 32.6 Å². The zero-order valence-electron chi connectivity index (χ0n) is 38.9. The Bertz CT molecular complexity index is 3000. The summed E-state index contributed by atoms with van der Waals surface area (Å²) in [6.07, 6.45) is 2.15. The van der Waals surface area contributed by atoms with E-state index >= 15 is 0 Å². The molecule has 0 aliphatic carbocycles. The molecule has 0 saturated carbocycles. The van der Waals surface area contributed by atoms with Gasteiger partial charge in [0.2, 0.25) is 23.6 Å². The predicted molar refractivity (Wildman–Crippen MR) is 268 cm³/mol. The predicted octanol–water partition coefficient (Wildman–Crippen LogP) is 8.14. The van der Waals surface area contributed by atoms with E-state index in [0.717, 1.165) is 43.9 Å². The Hall–Kier alpha value is -7.76. The van der Waals surface area contributed by atoms with Crippen molar-refractivity contribution < 1.29 is 29.1 Å². The van der Waals surface area contributed by atoms with Gasteiger partial charge in [-0.15, -0.1) is 11.3 Å². The number of rotatable bonds is 15. The second-order valence-corrected chi connectivity index (χ2v) is 19.1. The summed E-state index contributed by atoms with van der Waals surface area (Å²) in [6, 6.07) is 28.9. The van der Waals surface area contributed by atoms with Crippen molar-refractivity contribution in [3.63, 3.8) is 0 Å². The van der Waals surface area contributed by atoms with E-state index in [-0.39, 0.29) is 37.8 Å². The average Bonchev–Trinajstić information content (AvgIpc) is 4.08. The highest BCUT2D eigenvalue weighted by Gasteiger charge is 2.44. The van der Waals surface area contributed by atoms with Crippen LogP contribution in [0.15, 0.2) is 121 Å². The van der Waals surface area contributed by atoms with Gasteiger partial charge in [-0.3, -0.25) is 24.0 Å². The normalized spacial score (nSPS) is 15.5. The molecule has 1 aliphatic rings. The first-order valence-corrected chi connectivity index (χ1v) is 23.5. The molecule has 1 aliphatic heterocycles. The smallest absolute Gasteiger partial charge is 0.255 e. The molecule has 7 aromatic rings. The molecule has 8 rings (SSSR count). The van der Waals surface area contributed by atoms with Crippen molar-refractivity contribution in [2.75, 3.05) is 22.5 Å². The van der Waals surface area contributed by atoms with Crippen LogP contribution in [0.1, 0.15) is 74.6 Å². The molecule has 4 atom stereocenters. The minimum Gasteiger partial charge on any atom is -0.391 e. The fourth-order valence-corrected chi connectivity index (χ4v) is 9.10. The summed E-state index contributed by atoms with van der Waals surface area (Å²) < 4.78 is 0. The summed E-state index contributed by atoms with van der Waals surface area (Å²) in [4.78, 5) is 86.2. The first-order valence-electron chi connectivity index (χ1n) is 22.6. The number of nitrogens with zero attached hydrogens (tertiary/aromatic N) is 4. The van der Waals surface area contributed by atoms with E-state index in [9.17, 15) is 29.1 Å². The van der Waals surface area contributed by atoms with Crippen LogP contribution in [-0.4, -0.2) is 84.2 Å². The van der Waals surface area contributed by atoms with Crippen LogP contribution in [0.4, 0.5) is 22.9 Å². The molecule has 16 nitrogen and oxygen atoms in total. The Morgan fingerprint density at radius 3 is 2.30 bits per heavy atom. The highest BCUT2D eigenvalue weighted by Crippen LogP contribution is 2.31. The number of carbonyl (C=O) groups excluding carboxylic acids is 5. The van der Waals surface area contributed by atoms with Gasteiger partial charge in [-0.25, -0.2) is 15.0 Å². The first-order chi connectivity index (χ1) is 33.1. The largest absolute Gasteiger partial charge is 0.391 e. The summed E-state index contributed by atoms with van der Waals surface area (Å²) in [5, 5.41) is 26.5. The monoisotopic (exact) mass is 946 g/mol. The number of likely N-dealkylation sites (tertiary alicyclic amines) is 1. The van der Waals surface area contributed by atoms with Crippen LogP contribution in [0.3, 0.4) is 0 Å². The van der Waals surface area contributed by atoms with Crippen molar-refractivity contribution in [2.45, 2.75) is 78.1 Å². The molecule has 1 saturated heterocycles. The highest BCUT2D eigenvalue weighted by atomic mass is 32.1. The molecule has 0 bridgehead atoms. The van der Waals surface area contributed by atoms with E-state index in [2.05, 4.69) is 46.5 Å². The van der Waals surface area contributed by atoms with E-state index in [4.69, 9.17) is 0 Å². The number of aliphatic hydroxyl groups excluding tert-OH is 1. The number of hydrogen-bond acceptors (Lipinski definition) is 11. The van der Waals surface area contributed by atoms with Gasteiger partial charge < -0.3 is 41.6 Å². The highest BCUT2D eigenvalue weighted by molar-refractivity contribution is 7.13. The topological polar surface area (TPSA) is 223 Å². The molecular weight excluding hydrogens is 893 g/mol. The van der Waals surface area contributed by atoms with Gasteiger partial charge in [0.15, 0.2) is 0 Å². The number of benzene rings is 4. The van der Waals surface area contributed by atoms with Crippen molar-refractivity contribution in [2.24, 2.45) is 5.41 Å². The Morgan fingerprint density at radius 1 is 0.826 bits per heavy atom. The standard InChI is InChI=1S/C52H54N10O6S/c1-30(32-13-15-33(16-14-32)47-31(2)56-29-69-47)57-50(67)43-24-38(63)27-62(43)51(68)48(52(3,4)5)61-46(65)22-21-45(64)59-35-19-17-34(18-20-35)49(66)60-37-10-8-9-36(23-37)58-44-25-42(54-28-55-44)40-26-53-41-12-7-6-11-39(40)41/h6-20,23,25-26,28-30,38,43,48,53,63H,21-22,24,27H2,1-5H3,(H,57,67)(H,59,64)(H,60,66)(H,61,65)(H,54,55,58)/t30-,38+,43?,48+/m0/s1. The summed E-state index contributed by atoms with van der Waals surface area (Å²) in [7, 11) is 0. The first kappa shape index (κ1) is 47.7. The molecule has 3 aromatic heterocycles. The molecule has 354 valence electrons. The number of amides is 5. The van der Waals surface area contributed by atoms with E-state index in [1.54, 1.807) is 74.0 Å². The number of aryl methyl sites for hydroxylation is 1. The van der Waals surface area contributed by atoms with Crippen LogP contribution in [0.2, 0.25) is 0 Å². The molecule has 0 spiro atoms. The lowest BCUT2D eigenvalue weighted by atomic mass is 9.85. The number of aliphatic hydroxyl groups is 1. The van der Waals surface area contributed by atoms with E-state index in [1.807, 2.05) is 86.8 Å². The molecule has 1 unspecified atom stereocenters. The van der Waals surface area contributed by atoms with Gasteiger partial charge in [0.1, 0.15) is 24.2 Å². The van der Waals surface area contributed by atoms with Crippen molar-refractivity contribution in [3.05, 3.63) is 138 Å². The van der Waals surface area contributed by atoms with Crippen LogP contribution in [0, 0.1) is 12.3 Å². The zero-order chi connectivity index (χ0) is 48.8.